The van der Waals surface area contributed by atoms with Crippen molar-refractivity contribution >= 4 is 11.6 Å². The van der Waals surface area contributed by atoms with Gasteiger partial charge in [-0.3, -0.25) is 4.79 Å². The van der Waals surface area contributed by atoms with Crippen LogP contribution in [0.1, 0.15) is 50.8 Å². The molecular weight excluding hydrogens is 224 g/mol. The van der Waals surface area contributed by atoms with Crippen LogP contribution in [-0.4, -0.2) is 13.0 Å². The van der Waals surface area contributed by atoms with Gasteiger partial charge in [-0.15, -0.1) is 0 Å². The van der Waals surface area contributed by atoms with Gasteiger partial charge in [-0.1, -0.05) is 25.5 Å². The van der Waals surface area contributed by atoms with Gasteiger partial charge in [0.15, 0.2) is 0 Å². The molecule has 2 rings (SSSR count). The predicted molar refractivity (Wildman–Crippen MR) is 74.7 cm³/mol. The maximum absolute atomic E-state index is 12.2. The first-order chi connectivity index (χ1) is 8.39. The number of nitrogens with two attached hydrogens (primary N) is 1. The first kappa shape index (κ1) is 13.1. The second-order valence-electron chi connectivity index (χ2n) is 5.66. The third-order valence-electron chi connectivity index (χ3n) is 3.92. The highest BCUT2D eigenvalue weighted by Crippen LogP contribution is 2.41. The minimum Gasteiger partial charge on any atom is -0.324 e. The Morgan fingerprint density at radius 2 is 2.06 bits per heavy atom. The highest BCUT2D eigenvalue weighted by Gasteiger charge is 2.42. The number of carbonyl (C=O) groups excluding carboxylic acids is 1. The Morgan fingerprint density at radius 1 is 1.39 bits per heavy atom. The van der Waals surface area contributed by atoms with Gasteiger partial charge in [-0.25, -0.2) is 0 Å². The SMILES string of the molecule is CCCC(N)c1ccc2c(c1)C(C)(C)C(=O)N2C. The molecule has 98 valence electrons. The number of carbonyl (C=O) groups is 1. The molecule has 0 fully saturated rings. The Bertz CT molecular complexity index is 479. The lowest BCUT2D eigenvalue weighted by Gasteiger charge is -2.18. The van der Waals surface area contributed by atoms with Gasteiger partial charge in [0.25, 0.3) is 0 Å². The normalized spacial score (nSPS) is 18.9. The maximum atomic E-state index is 12.2. The Kier molecular flexibility index (Phi) is 3.20. The van der Waals surface area contributed by atoms with Crippen LogP contribution in [0.25, 0.3) is 0 Å². The van der Waals surface area contributed by atoms with E-state index in [1.807, 2.05) is 33.0 Å². The fourth-order valence-electron chi connectivity index (χ4n) is 2.70. The van der Waals surface area contributed by atoms with Crippen molar-refractivity contribution in [3.8, 4) is 0 Å². The summed E-state index contributed by atoms with van der Waals surface area (Å²) in [5.74, 6) is 0.152. The van der Waals surface area contributed by atoms with Crippen molar-refractivity contribution in [2.75, 3.05) is 11.9 Å². The van der Waals surface area contributed by atoms with Gasteiger partial charge in [0.2, 0.25) is 5.91 Å². The Labute approximate surface area is 109 Å². The molecule has 1 aromatic rings. The van der Waals surface area contributed by atoms with Crippen LogP contribution in [0.5, 0.6) is 0 Å². The zero-order chi connectivity index (χ0) is 13.5. The molecule has 3 nitrogen and oxygen atoms in total. The molecule has 1 aliphatic heterocycles. The molecule has 2 N–H and O–H groups in total. The van der Waals surface area contributed by atoms with Gasteiger partial charge < -0.3 is 10.6 Å². The number of anilines is 1. The number of hydrogen-bond acceptors (Lipinski definition) is 2. The number of benzene rings is 1. The smallest absolute Gasteiger partial charge is 0.236 e. The van der Waals surface area contributed by atoms with E-state index in [1.165, 1.54) is 0 Å². The fourth-order valence-corrected chi connectivity index (χ4v) is 2.70. The fraction of sp³-hybridized carbons (Fsp3) is 0.533. The molecule has 1 heterocycles. The minimum atomic E-state index is -0.438. The molecule has 1 unspecified atom stereocenters. The van der Waals surface area contributed by atoms with Crippen molar-refractivity contribution in [1.82, 2.24) is 0 Å². The van der Waals surface area contributed by atoms with Crippen LogP contribution in [0.3, 0.4) is 0 Å². The highest BCUT2D eigenvalue weighted by molar-refractivity contribution is 6.07. The zero-order valence-corrected chi connectivity index (χ0v) is 11.7. The molecule has 0 spiro atoms. The van der Waals surface area contributed by atoms with E-state index in [-0.39, 0.29) is 11.9 Å². The number of likely N-dealkylation sites (N-methyl/N-ethyl adjacent to an activating group) is 1. The molecule has 0 saturated heterocycles. The monoisotopic (exact) mass is 246 g/mol. The van der Waals surface area contributed by atoms with Crippen LogP contribution >= 0.6 is 0 Å². The molecule has 1 atom stereocenters. The molecule has 1 aliphatic rings. The first-order valence-corrected chi connectivity index (χ1v) is 6.57. The molecule has 18 heavy (non-hydrogen) atoms. The number of nitrogens with zero attached hydrogens (tertiary/aromatic N) is 1. The van der Waals surface area contributed by atoms with E-state index in [9.17, 15) is 4.79 Å². The summed E-state index contributed by atoms with van der Waals surface area (Å²) in [7, 11) is 1.83. The van der Waals surface area contributed by atoms with Crippen LogP contribution in [0.2, 0.25) is 0 Å². The summed E-state index contributed by atoms with van der Waals surface area (Å²) in [5.41, 5.74) is 8.96. The van der Waals surface area contributed by atoms with E-state index in [2.05, 4.69) is 13.0 Å². The summed E-state index contributed by atoms with van der Waals surface area (Å²) in [6.45, 7) is 6.09. The minimum absolute atomic E-state index is 0.0668. The molecule has 0 saturated carbocycles. The largest absolute Gasteiger partial charge is 0.324 e. The predicted octanol–water partition coefficient (Wildman–Crippen LogP) is 2.74. The highest BCUT2D eigenvalue weighted by atomic mass is 16.2. The Hall–Kier alpha value is -1.35. The number of fused-ring (bicyclic) bond motifs is 1. The molecule has 0 bridgehead atoms. The van der Waals surface area contributed by atoms with Gasteiger partial charge in [-0.05, 0) is 37.5 Å². The molecule has 3 heteroatoms. The summed E-state index contributed by atoms with van der Waals surface area (Å²) >= 11 is 0. The quantitative estimate of drug-likeness (QED) is 0.891. The third-order valence-corrected chi connectivity index (χ3v) is 3.92. The second kappa shape index (κ2) is 4.39. The number of amides is 1. The van der Waals surface area contributed by atoms with Gasteiger partial charge in [-0.2, -0.15) is 0 Å². The summed E-state index contributed by atoms with van der Waals surface area (Å²) in [5, 5.41) is 0. The first-order valence-electron chi connectivity index (χ1n) is 6.57. The van der Waals surface area contributed by atoms with Crippen LogP contribution in [0.4, 0.5) is 5.69 Å². The molecule has 0 aliphatic carbocycles. The second-order valence-corrected chi connectivity index (χ2v) is 5.66. The van der Waals surface area contributed by atoms with Crippen molar-refractivity contribution in [2.45, 2.75) is 45.1 Å². The molecule has 0 radical (unpaired) electrons. The van der Waals surface area contributed by atoms with Crippen LogP contribution in [0, 0.1) is 0 Å². The van der Waals surface area contributed by atoms with E-state index in [4.69, 9.17) is 5.73 Å². The summed E-state index contributed by atoms with van der Waals surface area (Å²) < 4.78 is 0. The van der Waals surface area contributed by atoms with Crippen LogP contribution < -0.4 is 10.6 Å². The standard InChI is InChI=1S/C15H22N2O/c1-5-6-12(16)10-7-8-13-11(9-10)15(2,3)14(18)17(13)4/h7-9,12H,5-6,16H2,1-4H3. The van der Waals surface area contributed by atoms with Crippen molar-refractivity contribution in [2.24, 2.45) is 5.73 Å². The van der Waals surface area contributed by atoms with Crippen LogP contribution in [0.15, 0.2) is 18.2 Å². The van der Waals surface area contributed by atoms with E-state index in [0.29, 0.717) is 0 Å². The van der Waals surface area contributed by atoms with Crippen molar-refractivity contribution in [3.05, 3.63) is 29.3 Å². The lowest BCUT2D eigenvalue weighted by molar-refractivity contribution is -0.121. The molecular formula is C15H22N2O. The summed E-state index contributed by atoms with van der Waals surface area (Å²) in [4.78, 5) is 13.9. The van der Waals surface area contributed by atoms with E-state index >= 15 is 0 Å². The number of rotatable bonds is 3. The Balaban J connectivity index is 2.45. The van der Waals surface area contributed by atoms with Gasteiger partial charge in [0, 0.05) is 18.8 Å². The lowest BCUT2D eigenvalue weighted by Crippen LogP contribution is -2.33. The maximum Gasteiger partial charge on any atom is 0.236 e. The van der Waals surface area contributed by atoms with Crippen LogP contribution in [-0.2, 0) is 10.2 Å². The summed E-state index contributed by atoms with van der Waals surface area (Å²) in [6.07, 6.45) is 2.05. The van der Waals surface area contributed by atoms with Gasteiger partial charge >= 0.3 is 0 Å². The Morgan fingerprint density at radius 3 is 2.67 bits per heavy atom. The number of hydrogen-bond donors (Lipinski definition) is 1. The lowest BCUT2D eigenvalue weighted by atomic mass is 9.84. The zero-order valence-electron chi connectivity index (χ0n) is 11.7. The third kappa shape index (κ3) is 1.83. The van der Waals surface area contributed by atoms with Crippen molar-refractivity contribution < 1.29 is 4.79 Å². The molecule has 1 amide bonds. The average molecular weight is 246 g/mol. The summed E-state index contributed by atoms with van der Waals surface area (Å²) in [6, 6.07) is 6.24. The molecule has 1 aromatic carbocycles. The average Bonchev–Trinajstić information content (AvgIpc) is 2.51. The topological polar surface area (TPSA) is 46.3 Å². The van der Waals surface area contributed by atoms with Crippen molar-refractivity contribution in [1.29, 1.82) is 0 Å². The van der Waals surface area contributed by atoms with Gasteiger partial charge in [0.05, 0.1) is 5.41 Å². The molecule has 0 aromatic heterocycles. The van der Waals surface area contributed by atoms with E-state index in [0.717, 1.165) is 29.7 Å². The van der Waals surface area contributed by atoms with Crippen molar-refractivity contribution in [3.63, 3.8) is 0 Å². The van der Waals surface area contributed by atoms with E-state index in [1.54, 1.807) is 4.90 Å². The van der Waals surface area contributed by atoms with Gasteiger partial charge in [0.1, 0.15) is 0 Å². The van der Waals surface area contributed by atoms with E-state index < -0.39 is 5.41 Å².